The Labute approximate surface area is 138 Å². The molecule has 0 aromatic heterocycles. The minimum Gasteiger partial charge on any atom is -0.0620 e. The van der Waals surface area contributed by atoms with Crippen molar-refractivity contribution >= 4 is 0 Å². The van der Waals surface area contributed by atoms with Gasteiger partial charge in [0.2, 0.25) is 0 Å². The van der Waals surface area contributed by atoms with Gasteiger partial charge >= 0.3 is 0 Å². The predicted octanol–water partition coefficient (Wildman–Crippen LogP) is 5.55. The summed E-state index contributed by atoms with van der Waals surface area (Å²) in [7, 11) is 0. The minimum absolute atomic E-state index is 1.10. The lowest BCUT2D eigenvalue weighted by molar-refractivity contribution is 0.923. The average Bonchev–Trinajstić information content (AvgIpc) is 2.58. The second-order valence-corrected chi connectivity index (χ2v) is 6.62. The third-order valence-electron chi connectivity index (χ3n) is 5.02. The smallest absolute Gasteiger partial charge is 0.0146 e. The Morgan fingerprint density at radius 3 is 1.91 bits per heavy atom. The number of hydrogen-bond donors (Lipinski definition) is 0. The normalized spacial score (nSPS) is 13.6. The Hall–Kier alpha value is -2.34. The number of aryl methyl sites for hydroxylation is 5. The van der Waals surface area contributed by atoms with Crippen LogP contribution in [0.3, 0.4) is 0 Å². The average molecular weight is 298 g/mol. The van der Waals surface area contributed by atoms with E-state index in [1.165, 1.54) is 38.9 Å². The summed E-state index contributed by atoms with van der Waals surface area (Å²) >= 11 is 0. The van der Waals surface area contributed by atoms with E-state index in [1.54, 1.807) is 0 Å². The van der Waals surface area contributed by atoms with Gasteiger partial charge in [0.05, 0.1) is 0 Å². The van der Waals surface area contributed by atoms with Gasteiger partial charge in [0.1, 0.15) is 0 Å². The molecule has 0 amide bonds. The lowest BCUT2D eigenvalue weighted by Crippen LogP contribution is -2.00. The van der Waals surface area contributed by atoms with Crippen LogP contribution in [0, 0.1) is 6.92 Å². The van der Waals surface area contributed by atoms with Crippen LogP contribution in [0.1, 0.15) is 27.8 Å². The van der Waals surface area contributed by atoms with Crippen LogP contribution in [-0.4, -0.2) is 0 Å². The van der Waals surface area contributed by atoms with Crippen molar-refractivity contribution in [2.24, 2.45) is 0 Å². The third-order valence-corrected chi connectivity index (χ3v) is 5.02. The highest BCUT2D eigenvalue weighted by atomic mass is 14.2. The topological polar surface area (TPSA) is 0 Å². The largest absolute Gasteiger partial charge is 0.0620 e. The summed E-state index contributed by atoms with van der Waals surface area (Å²) in [6.07, 6.45) is 4.44. The van der Waals surface area contributed by atoms with Crippen molar-refractivity contribution in [3.05, 3.63) is 94.5 Å². The molecule has 0 saturated heterocycles. The van der Waals surface area contributed by atoms with Gasteiger partial charge in [-0.1, -0.05) is 66.7 Å². The predicted molar refractivity (Wildman–Crippen MR) is 97.9 cm³/mol. The van der Waals surface area contributed by atoms with Crippen LogP contribution in [0.15, 0.2) is 66.7 Å². The molecule has 7 rings (SSSR count). The second-order valence-electron chi connectivity index (χ2n) is 6.62. The van der Waals surface area contributed by atoms with E-state index < -0.39 is 0 Å². The first-order valence-corrected chi connectivity index (χ1v) is 8.55. The maximum Gasteiger partial charge on any atom is -0.0146 e. The Morgan fingerprint density at radius 2 is 1.17 bits per heavy atom. The molecule has 0 unspecified atom stereocenters. The number of rotatable bonds is 1. The van der Waals surface area contributed by atoms with Crippen LogP contribution < -0.4 is 0 Å². The molecule has 0 saturated carbocycles. The Bertz CT molecular complexity index is 825. The molecule has 0 N–H and O–H groups in total. The molecule has 114 valence electrons. The molecule has 0 heteroatoms. The molecule has 4 aliphatic rings. The first kappa shape index (κ1) is 14.3. The van der Waals surface area contributed by atoms with Crippen LogP contribution in [-0.2, 0) is 25.7 Å². The van der Waals surface area contributed by atoms with E-state index in [0.29, 0.717) is 0 Å². The molecule has 0 radical (unpaired) electrons. The third kappa shape index (κ3) is 2.94. The minimum atomic E-state index is 1.10. The molecule has 0 aliphatic heterocycles. The quantitative estimate of drug-likeness (QED) is 0.553. The van der Waals surface area contributed by atoms with Crippen LogP contribution in [0.2, 0.25) is 0 Å². The molecule has 3 aromatic rings. The van der Waals surface area contributed by atoms with Crippen molar-refractivity contribution in [1.29, 1.82) is 0 Å². The summed E-state index contributed by atoms with van der Waals surface area (Å²) in [5.74, 6) is 0. The van der Waals surface area contributed by atoms with Gasteiger partial charge in [-0.3, -0.25) is 0 Å². The molecule has 0 atom stereocenters. The summed E-state index contributed by atoms with van der Waals surface area (Å²) in [4.78, 5) is 0. The molecule has 4 aliphatic carbocycles. The van der Waals surface area contributed by atoms with Crippen LogP contribution in [0.5, 0.6) is 0 Å². The van der Waals surface area contributed by atoms with E-state index in [9.17, 15) is 0 Å². The van der Waals surface area contributed by atoms with Crippen molar-refractivity contribution in [3.63, 3.8) is 0 Å². The summed E-state index contributed by atoms with van der Waals surface area (Å²) < 4.78 is 0. The van der Waals surface area contributed by atoms with Crippen LogP contribution in [0.25, 0.3) is 11.1 Å². The van der Waals surface area contributed by atoms with Gasteiger partial charge in [-0.25, -0.2) is 0 Å². The second kappa shape index (κ2) is 6.04. The van der Waals surface area contributed by atoms with Crippen molar-refractivity contribution in [3.8, 4) is 11.1 Å². The molecule has 23 heavy (non-hydrogen) atoms. The fraction of sp³-hybridized carbons (Fsp3) is 0.217. The molecule has 0 heterocycles. The molecular weight excluding hydrogens is 276 g/mol. The molecule has 0 nitrogen and oxygen atoms in total. The van der Waals surface area contributed by atoms with Crippen molar-refractivity contribution in [2.75, 3.05) is 0 Å². The van der Waals surface area contributed by atoms with Gasteiger partial charge in [-0.05, 0) is 71.6 Å². The van der Waals surface area contributed by atoms with Gasteiger partial charge in [-0.15, -0.1) is 0 Å². The zero-order valence-electron chi connectivity index (χ0n) is 13.7. The Balaban J connectivity index is 1.81. The van der Waals surface area contributed by atoms with Crippen molar-refractivity contribution in [1.82, 2.24) is 0 Å². The number of benzene rings is 3. The van der Waals surface area contributed by atoms with Crippen LogP contribution in [0.4, 0.5) is 0 Å². The maximum atomic E-state index is 2.42. The highest BCUT2D eigenvalue weighted by Crippen LogP contribution is 2.30. The molecule has 0 spiro atoms. The van der Waals surface area contributed by atoms with E-state index >= 15 is 0 Å². The molecule has 0 fully saturated rings. The Morgan fingerprint density at radius 1 is 0.565 bits per heavy atom. The van der Waals surface area contributed by atoms with E-state index in [2.05, 4.69) is 73.7 Å². The lowest BCUT2D eigenvalue weighted by atomic mass is 9.89. The van der Waals surface area contributed by atoms with Gasteiger partial charge in [0.15, 0.2) is 0 Å². The first-order chi connectivity index (χ1) is 11.3. The zero-order valence-corrected chi connectivity index (χ0v) is 13.7. The van der Waals surface area contributed by atoms with Crippen LogP contribution >= 0.6 is 0 Å². The van der Waals surface area contributed by atoms with E-state index in [4.69, 9.17) is 0 Å². The molecule has 3 aromatic carbocycles. The summed E-state index contributed by atoms with van der Waals surface area (Å²) in [5.41, 5.74) is 9.96. The van der Waals surface area contributed by atoms with E-state index in [1.807, 2.05) is 0 Å². The van der Waals surface area contributed by atoms with Crippen molar-refractivity contribution in [2.45, 2.75) is 32.6 Å². The highest BCUT2D eigenvalue weighted by molar-refractivity contribution is 5.71. The van der Waals surface area contributed by atoms with Crippen molar-refractivity contribution < 1.29 is 0 Å². The van der Waals surface area contributed by atoms with Gasteiger partial charge in [-0.2, -0.15) is 0 Å². The maximum absolute atomic E-state index is 2.42. The monoisotopic (exact) mass is 298 g/mol. The van der Waals surface area contributed by atoms with Gasteiger partial charge in [0, 0.05) is 0 Å². The first-order valence-electron chi connectivity index (χ1n) is 8.55. The highest BCUT2D eigenvalue weighted by Gasteiger charge is 2.10. The fourth-order valence-electron chi connectivity index (χ4n) is 3.56. The number of hydrogen-bond acceptors (Lipinski definition) is 0. The van der Waals surface area contributed by atoms with Gasteiger partial charge < -0.3 is 0 Å². The SMILES string of the molecule is Cc1ccccc1-c1cc2ccc1CCc1ccc(cc1)CC2. The summed E-state index contributed by atoms with van der Waals surface area (Å²) in [6, 6.07) is 25.1. The molecular formula is C23H22. The van der Waals surface area contributed by atoms with E-state index in [-0.39, 0.29) is 0 Å². The lowest BCUT2D eigenvalue weighted by Gasteiger charge is -2.16. The van der Waals surface area contributed by atoms with Gasteiger partial charge in [0.25, 0.3) is 0 Å². The summed E-state index contributed by atoms with van der Waals surface area (Å²) in [6.45, 7) is 2.22. The fourth-order valence-corrected chi connectivity index (χ4v) is 3.56. The van der Waals surface area contributed by atoms with E-state index in [0.717, 1.165) is 25.7 Å². The Kier molecular flexibility index (Phi) is 3.75. The zero-order chi connectivity index (χ0) is 15.6. The molecule has 4 bridgehead atoms. The standard InChI is InChI=1S/C23H22/c1-17-4-2-3-5-22(17)23-16-20-11-10-18-6-8-19(9-7-18)12-14-21(23)15-13-20/h2-9,13,15-16H,10-12,14H2,1H3. The summed E-state index contributed by atoms with van der Waals surface area (Å²) in [5, 5.41) is 0.